The zero-order chi connectivity index (χ0) is 14.8. The molecule has 0 aromatic carbocycles. The Morgan fingerprint density at radius 1 is 0.737 bits per heavy atom. The minimum absolute atomic E-state index is 0.388. The van der Waals surface area contributed by atoms with E-state index in [0.29, 0.717) is 19.8 Å². The standard InChI is InChI=1S/C13H28Br2O3Si/c1-5-9-13(14,15)19(16-10-6-2,17-11-7-3)18-12-8-4/h5-12H2,1-4H3. The van der Waals surface area contributed by atoms with E-state index in [0.717, 1.165) is 32.1 Å². The molecule has 3 nitrogen and oxygen atoms in total. The lowest BCUT2D eigenvalue weighted by molar-refractivity contribution is 0.0551. The van der Waals surface area contributed by atoms with Crippen LogP contribution in [0.5, 0.6) is 0 Å². The number of hydrogen-bond donors (Lipinski definition) is 0. The van der Waals surface area contributed by atoms with Crippen LogP contribution in [0.1, 0.15) is 59.8 Å². The Labute approximate surface area is 136 Å². The molecule has 0 aromatic heterocycles. The molecule has 6 heteroatoms. The maximum Gasteiger partial charge on any atom is 0.529 e. The van der Waals surface area contributed by atoms with E-state index in [9.17, 15) is 0 Å². The van der Waals surface area contributed by atoms with Crippen LogP contribution in [0, 0.1) is 0 Å². The van der Waals surface area contributed by atoms with Gasteiger partial charge in [0, 0.05) is 19.8 Å². The van der Waals surface area contributed by atoms with Gasteiger partial charge in [0.15, 0.2) is 0 Å². The molecule has 0 heterocycles. The molecule has 0 atom stereocenters. The van der Waals surface area contributed by atoms with Crippen molar-refractivity contribution in [1.29, 1.82) is 0 Å². The van der Waals surface area contributed by atoms with E-state index in [1.165, 1.54) is 0 Å². The van der Waals surface area contributed by atoms with Crippen LogP contribution in [-0.4, -0.2) is 31.5 Å². The molecule has 0 aliphatic carbocycles. The van der Waals surface area contributed by atoms with E-state index in [4.69, 9.17) is 13.3 Å². The van der Waals surface area contributed by atoms with Crippen molar-refractivity contribution in [1.82, 2.24) is 0 Å². The smallest absolute Gasteiger partial charge is 0.372 e. The summed E-state index contributed by atoms with van der Waals surface area (Å²) in [7, 11) is -2.77. The first kappa shape index (κ1) is 20.1. The van der Waals surface area contributed by atoms with Crippen molar-refractivity contribution in [3.05, 3.63) is 0 Å². The minimum Gasteiger partial charge on any atom is -0.372 e. The van der Waals surface area contributed by atoms with Crippen LogP contribution >= 0.6 is 31.9 Å². The third-order valence-electron chi connectivity index (χ3n) is 2.50. The van der Waals surface area contributed by atoms with Gasteiger partial charge in [-0.1, -0.05) is 66.0 Å². The Morgan fingerprint density at radius 2 is 1.11 bits per heavy atom. The third-order valence-corrected chi connectivity index (χ3v) is 9.11. The molecule has 0 aliphatic heterocycles. The lowest BCUT2D eigenvalue weighted by Gasteiger charge is -2.38. The summed E-state index contributed by atoms with van der Waals surface area (Å²) in [5, 5.41) is 0. The van der Waals surface area contributed by atoms with Crippen LogP contribution in [0.25, 0.3) is 0 Å². The molecule has 0 radical (unpaired) electrons. The Hall–Kier alpha value is 1.06. The summed E-state index contributed by atoms with van der Waals surface area (Å²) in [6.07, 6.45) is 4.83. The van der Waals surface area contributed by atoms with E-state index >= 15 is 0 Å². The predicted octanol–water partition coefficient (Wildman–Crippen LogP) is 5.03. The Morgan fingerprint density at radius 3 is 1.37 bits per heavy atom. The van der Waals surface area contributed by atoms with E-state index < -0.39 is 8.80 Å². The van der Waals surface area contributed by atoms with E-state index in [2.05, 4.69) is 59.6 Å². The van der Waals surface area contributed by atoms with Crippen molar-refractivity contribution < 1.29 is 13.3 Å². The number of halogens is 2. The van der Waals surface area contributed by atoms with Gasteiger partial charge < -0.3 is 13.3 Å². The summed E-state index contributed by atoms with van der Waals surface area (Å²) < 4.78 is 17.9. The van der Waals surface area contributed by atoms with Crippen LogP contribution in [0.2, 0.25) is 0 Å². The van der Waals surface area contributed by atoms with Crippen LogP contribution in [0.3, 0.4) is 0 Å². The van der Waals surface area contributed by atoms with Gasteiger partial charge in [-0.3, -0.25) is 0 Å². The molecule has 0 unspecified atom stereocenters. The highest BCUT2D eigenvalue weighted by Crippen LogP contribution is 2.42. The van der Waals surface area contributed by atoms with Gasteiger partial charge in [0.1, 0.15) is 2.86 Å². The molecule has 0 rings (SSSR count). The molecule has 0 fully saturated rings. The summed E-state index contributed by atoms with van der Waals surface area (Å²) in [4.78, 5) is 0. The predicted molar refractivity (Wildman–Crippen MR) is 90.0 cm³/mol. The lowest BCUT2D eigenvalue weighted by Crippen LogP contribution is -2.59. The van der Waals surface area contributed by atoms with Gasteiger partial charge in [-0.2, -0.15) is 0 Å². The SMILES string of the molecule is CCCO[Si](OCCC)(OCCC)C(Br)(Br)CCC. The summed E-state index contributed by atoms with van der Waals surface area (Å²) in [5.41, 5.74) is 0. The van der Waals surface area contributed by atoms with Gasteiger partial charge in [0.05, 0.1) is 0 Å². The normalized spacial score (nSPS) is 12.9. The fraction of sp³-hybridized carbons (Fsp3) is 1.00. The highest BCUT2D eigenvalue weighted by atomic mass is 79.9. The first-order chi connectivity index (χ1) is 8.99. The molecule has 19 heavy (non-hydrogen) atoms. The largest absolute Gasteiger partial charge is 0.529 e. The Kier molecular flexibility index (Phi) is 11.3. The summed E-state index contributed by atoms with van der Waals surface area (Å²) in [6, 6.07) is 0. The minimum atomic E-state index is -2.77. The molecule has 0 N–H and O–H groups in total. The van der Waals surface area contributed by atoms with E-state index in [1.54, 1.807) is 0 Å². The highest BCUT2D eigenvalue weighted by Gasteiger charge is 2.58. The molecule has 0 aliphatic rings. The van der Waals surface area contributed by atoms with Crippen LogP contribution in [-0.2, 0) is 13.3 Å². The Balaban J connectivity index is 5.06. The van der Waals surface area contributed by atoms with Crippen LogP contribution < -0.4 is 0 Å². The maximum absolute atomic E-state index is 6.10. The molecule has 0 amide bonds. The highest BCUT2D eigenvalue weighted by molar-refractivity contribution is 9.26. The number of hydrogen-bond acceptors (Lipinski definition) is 3. The van der Waals surface area contributed by atoms with E-state index in [1.807, 2.05) is 0 Å². The molecule has 116 valence electrons. The summed E-state index contributed by atoms with van der Waals surface area (Å²) in [5.74, 6) is 0. The zero-order valence-corrected chi connectivity index (χ0v) is 16.8. The average molecular weight is 420 g/mol. The molecule has 0 spiro atoms. The van der Waals surface area contributed by atoms with Crippen molar-refractivity contribution >= 4 is 40.7 Å². The first-order valence-corrected chi connectivity index (χ1v) is 10.6. The van der Waals surface area contributed by atoms with Gasteiger partial charge in [0.2, 0.25) is 0 Å². The number of alkyl halides is 2. The van der Waals surface area contributed by atoms with Crippen LogP contribution in [0.4, 0.5) is 0 Å². The van der Waals surface area contributed by atoms with Crippen molar-refractivity contribution in [2.75, 3.05) is 19.8 Å². The third kappa shape index (κ3) is 6.57. The topological polar surface area (TPSA) is 27.7 Å². The monoisotopic (exact) mass is 418 g/mol. The van der Waals surface area contributed by atoms with Gasteiger partial charge in [-0.05, 0) is 25.7 Å². The maximum atomic E-state index is 6.10. The second kappa shape index (κ2) is 10.7. The van der Waals surface area contributed by atoms with Gasteiger partial charge in [-0.15, -0.1) is 0 Å². The second-order valence-corrected chi connectivity index (χ2v) is 12.6. The summed E-state index contributed by atoms with van der Waals surface area (Å²) in [6.45, 7) is 10.5. The fourth-order valence-electron chi connectivity index (χ4n) is 1.62. The molecule has 0 saturated heterocycles. The molecular formula is C13H28Br2O3Si. The Bertz CT molecular complexity index is 206. The first-order valence-electron chi connectivity index (χ1n) is 7.29. The fourth-order valence-corrected chi connectivity index (χ4v) is 7.33. The molecule has 0 aromatic rings. The molecular weight excluding hydrogens is 392 g/mol. The van der Waals surface area contributed by atoms with Crippen molar-refractivity contribution in [3.8, 4) is 0 Å². The average Bonchev–Trinajstić information content (AvgIpc) is 2.38. The summed E-state index contributed by atoms with van der Waals surface area (Å²) >= 11 is 7.52. The van der Waals surface area contributed by atoms with Crippen LogP contribution in [0.15, 0.2) is 0 Å². The second-order valence-electron chi connectivity index (χ2n) is 4.56. The number of rotatable bonds is 12. The van der Waals surface area contributed by atoms with Gasteiger partial charge in [-0.25, -0.2) is 0 Å². The zero-order valence-electron chi connectivity index (χ0n) is 12.6. The molecule has 0 bridgehead atoms. The van der Waals surface area contributed by atoms with Gasteiger partial charge in [0.25, 0.3) is 0 Å². The van der Waals surface area contributed by atoms with Crippen molar-refractivity contribution in [2.24, 2.45) is 0 Å². The van der Waals surface area contributed by atoms with Crippen molar-refractivity contribution in [2.45, 2.75) is 62.7 Å². The van der Waals surface area contributed by atoms with Gasteiger partial charge >= 0.3 is 8.80 Å². The van der Waals surface area contributed by atoms with Crippen molar-refractivity contribution in [3.63, 3.8) is 0 Å². The quantitative estimate of drug-likeness (QED) is 0.328. The molecule has 0 saturated carbocycles. The lowest BCUT2D eigenvalue weighted by atomic mass is 10.4. The van der Waals surface area contributed by atoms with E-state index in [-0.39, 0.29) is 2.86 Å².